The van der Waals surface area contributed by atoms with Gasteiger partial charge < -0.3 is 15.5 Å². The van der Waals surface area contributed by atoms with E-state index in [0.717, 1.165) is 5.56 Å². The highest BCUT2D eigenvalue weighted by Gasteiger charge is 2.15. The molecule has 0 aliphatic carbocycles. The van der Waals surface area contributed by atoms with Crippen molar-refractivity contribution in [1.29, 1.82) is 0 Å². The predicted octanol–water partition coefficient (Wildman–Crippen LogP) is 3.36. The number of rotatable bonds is 2. The molecule has 0 bridgehead atoms. The third kappa shape index (κ3) is 2.30. The molecule has 0 fully saturated rings. The lowest BCUT2D eigenvalue weighted by Crippen LogP contribution is -2.02. The van der Waals surface area contributed by atoms with Gasteiger partial charge in [-0.25, -0.2) is 4.79 Å². The molecule has 3 N–H and O–H groups in total. The second kappa shape index (κ2) is 4.92. The lowest BCUT2D eigenvalue weighted by Gasteiger charge is -2.00. The largest absolute Gasteiger partial charge is 0.465 e. The number of anilines is 1. The zero-order valence-electron chi connectivity index (χ0n) is 9.46. The zero-order chi connectivity index (χ0) is 13.3. The first-order chi connectivity index (χ1) is 8.52. The van der Waals surface area contributed by atoms with E-state index in [4.69, 9.17) is 28.9 Å². The molecule has 0 radical (unpaired) electrons. The number of H-pyrrole nitrogens is 1. The maximum Gasteiger partial charge on any atom is 0.341 e. The van der Waals surface area contributed by atoms with E-state index in [0.29, 0.717) is 21.3 Å². The van der Waals surface area contributed by atoms with Gasteiger partial charge in [0, 0.05) is 5.69 Å². The average molecular weight is 285 g/mol. The summed E-state index contributed by atoms with van der Waals surface area (Å²) in [5.41, 5.74) is 7.45. The lowest BCUT2D eigenvalue weighted by atomic mass is 10.1. The van der Waals surface area contributed by atoms with E-state index in [9.17, 15) is 4.79 Å². The first-order valence-corrected chi connectivity index (χ1v) is 5.80. The summed E-state index contributed by atoms with van der Waals surface area (Å²) in [7, 11) is 1.30. The SMILES string of the molecule is COC(=O)c1cc(-c2ccc(Cl)c(Cl)c2)[nH]c1N. The van der Waals surface area contributed by atoms with E-state index in [2.05, 4.69) is 9.72 Å². The maximum absolute atomic E-state index is 11.4. The summed E-state index contributed by atoms with van der Waals surface area (Å²) in [6.07, 6.45) is 0. The van der Waals surface area contributed by atoms with Crippen LogP contribution in [0.5, 0.6) is 0 Å². The summed E-state index contributed by atoms with van der Waals surface area (Å²) in [5.74, 6) is -0.238. The average Bonchev–Trinajstić information content (AvgIpc) is 2.74. The first-order valence-electron chi connectivity index (χ1n) is 5.05. The molecule has 0 unspecified atom stereocenters. The number of ether oxygens (including phenoxy) is 1. The quantitative estimate of drug-likeness (QED) is 0.831. The molecule has 2 rings (SSSR count). The second-order valence-corrected chi connectivity index (χ2v) is 4.45. The van der Waals surface area contributed by atoms with E-state index in [1.165, 1.54) is 7.11 Å². The van der Waals surface area contributed by atoms with E-state index >= 15 is 0 Å². The number of nitrogens with two attached hydrogens (primary N) is 1. The van der Waals surface area contributed by atoms with Crippen LogP contribution in [0.15, 0.2) is 24.3 Å². The predicted molar refractivity (Wildman–Crippen MR) is 72.0 cm³/mol. The third-order valence-corrected chi connectivity index (χ3v) is 3.22. The molecule has 4 nitrogen and oxygen atoms in total. The Morgan fingerprint density at radius 1 is 1.28 bits per heavy atom. The van der Waals surface area contributed by atoms with Crippen LogP contribution in [-0.2, 0) is 4.74 Å². The van der Waals surface area contributed by atoms with Gasteiger partial charge in [0.25, 0.3) is 0 Å². The van der Waals surface area contributed by atoms with Crippen molar-refractivity contribution in [3.63, 3.8) is 0 Å². The van der Waals surface area contributed by atoms with Crippen LogP contribution in [0.2, 0.25) is 10.0 Å². The minimum atomic E-state index is -0.491. The molecule has 6 heteroatoms. The number of esters is 1. The van der Waals surface area contributed by atoms with Crippen molar-refractivity contribution in [2.24, 2.45) is 0 Å². The van der Waals surface area contributed by atoms with E-state index in [1.54, 1.807) is 24.3 Å². The van der Waals surface area contributed by atoms with Crippen LogP contribution in [-0.4, -0.2) is 18.1 Å². The Bertz CT molecular complexity index is 608. The van der Waals surface area contributed by atoms with Crippen molar-refractivity contribution >= 4 is 35.0 Å². The highest BCUT2D eigenvalue weighted by atomic mass is 35.5. The standard InChI is InChI=1S/C12H10Cl2N2O2/c1-18-12(17)7-5-10(16-11(7)15)6-2-3-8(13)9(14)4-6/h2-5,16H,15H2,1H3. The minimum absolute atomic E-state index is 0.253. The van der Waals surface area contributed by atoms with Crippen LogP contribution in [0.4, 0.5) is 5.82 Å². The van der Waals surface area contributed by atoms with Gasteiger partial charge in [0.15, 0.2) is 0 Å². The molecular formula is C12H10Cl2N2O2. The van der Waals surface area contributed by atoms with Gasteiger partial charge in [-0.1, -0.05) is 29.3 Å². The molecule has 0 amide bonds. The number of carbonyl (C=O) groups is 1. The molecule has 0 atom stereocenters. The van der Waals surface area contributed by atoms with Crippen molar-refractivity contribution in [3.8, 4) is 11.3 Å². The number of aromatic amines is 1. The molecule has 0 aliphatic rings. The molecule has 0 aliphatic heterocycles. The number of hydrogen-bond donors (Lipinski definition) is 2. The topological polar surface area (TPSA) is 68.1 Å². The van der Waals surface area contributed by atoms with Gasteiger partial charge in [0.2, 0.25) is 0 Å². The molecule has 94 valence electrons. The number of nitrogens with one attached hydrogen (secondary N) is 1. The third-order valence-electron chi connectivity index (χ3n) is 2.48. The fraction of sp³-hybridized carbons (Fsp3) is 0.0833. The summed E-state index contributed by atoms with van der Waals surface area (Å²) >= 11 is 11.8. The van der Waals surface area contributed by atoms with Gasteiger partial charge in [0.1, 0.15) is 11.4 Å². The molecular weight excluding hydrogens is 275 g/mol. The Kier molecular flexibility index (Phi) is 3.50. The van der Waals surface area contributed by atoms with Crippen LogP contribution in [0.25, 0.3) is 11.3 Å². The van der Waals surface area contributed by atoms with Crippen molar-refractivity contribution in [2.75, 3.05) is 12.8 Å². The fourth-order valence-corrected chi connectivity index (χ4v) is 1.87. The summed E-state index contributed by atoms with van der Waals surface area (Å²) in [6, 6.07) is 6.76. The van der Waals surface area contributed by atoms with Gasteiger partial charge in [-0.2, -0.15) is 0 Å². The van der Waals surface area contributed by atoms with Crippen molar-refractivity contribution < 1.29 is 9.53 Å². The normalized spacial score (nSPS) is 10.4. The first kappa shape index (κ1) is 12.8. The van der Waals surface area contributed by atoms with E-state index in [1.807, 2.05) is 0 Å². The van der Waals surface area contributed by atoms with Gasteiger partial charge in [-0.05, 0) is 23.8 Å². The number of benzene rings is 1. The van der Waals surface area contributed by atoms with Crippen molar-refractivity contribution in [1.82, 2.24) is 4.98 Å². The Morgan fingerprint density at radius 2 is 2.00 bits per heavy atom. The van der Waals surface area contributed by atoms with E-state index in [-0.39, 0.29) is 5.82 Å². The summed E-state index contributed by atoms with van der Waals surface area (Å²) in [4.78, 5) is 14.3. The molecule has 1 aromatic heterocycles. The van der Waals surface area contributed by atoms with Crippen LogP contribution >= 0.6 is 23.2 Å². The highest BCUT2D eigenvalue weighted by molar-refractivity contribution is 6.42. The molecule has 18 heavy (non-hydrogen) atoms. The Morgan fingerprint density at radius 3 is 2.61 bits per heavy atom. The van der Waals surface area contributed by atoms with Gasteiger partial charge in [0.05, 0.1) is 17.2 Å². The number of hydrogen-bond acceptors (Lipinski definition) is 3. The van der Waals surface area contributed by atoms with Gasteiger partial charge in [-0.3, -0.25) is 0 Å². The van der Waals surface area contributed by atoms with E-state index < -0.39 is 5.97 Å². The number of carbonyl (C=O) groups excluding carboxylic acids is 1. The molecule has 0 saturated carbocycles. The summed E-state index contributed by atoms with van der Waals surface area (Å²) in [5, 5.41) is 0.898. The second-order valence-electron chi connectivity index (χ2n) is 3.63. The molecule has 1 aromatic carbocycles. The number of methoxy groups -OCH3 is 1. The van der Waals surface area contributed by atoms with Crippen LogP contribution in [0, 0.1) is 0 Å². The fourth-order valence-electron chi connectivity index (χ4n) is 1.57. The number of aromatic nitrogens is 1. The van der Waals surface area contributed by atoms with Crippen LogP contribution < -0.4 is 5.73 Å². The zero-order valence-corrected chi connectivity index (χ0v) is 11.0. The molecule has 0 saturated heterocycles. The summed E-state index contributed by atoms with van der Waals surface area (Å²) < 4.78 is 4.62. The molecule has 1 heterocycles. The Balaban J connectivity index is 2.45. The molecule has 0 spiro atoms. The van der Waals surface area contributed by atoms with Gasteiger partial charge >= 0.3 is 5.97 Å². The summed E-state index contributed by atoms with van der Waals surface area (Å²) in [6.45, 7) is 0. The Labute approximate surface area is 114 Å². The smallest absolute Gasteiger partial charge is 0.341 e. The number of halogens is 2. The van der Waals surface area contributed by atoms with Crippen molar-refractivity contribution in [2.45, 2.75) is 0 Å². The Hall–Kier alpha value is -1.65. The maximum atomic E-state index is 11.4. The van der Waals surface area contributed by atoms with Crippen LogP contribution in [0.1, 0.15) is 10.4 Å². The lowest BCUT2D eigenvalue weighted by molar-refractivity contribution is 0.0602. The van der Waals surface area contributed by atoms with Crippen molar-refractivity contribution in [3.05, 3.63) is 39.9 Å². The highest BCUT2D eigenvalue weighted by Crippen LogP contribution is 2.29. The van der Waals surface area contributed by atoms with Gasteiger partial charge in [-0.15, -0.1) is 0 Å². The monoisotopic (exact) mass is 284 g/mol. The number of nitrogen functional groups attached to an aromatic ring is 1. The minimum Gasteiger partial charge on any atom is -0.465 e. The molecule has 2 aromatic rings. The van der Waals surface area contributed by atoms with Crippen LogP contribution in [0.3, 0.4) is 0 Å².